The first-order valence-electron chi connectivity index (χ1n) is 14.9. The molecule has 12 heteroatoms. The maximum atomic E-state index is 9.78. The van der Waals surface area contributed by atoms with Gasteiger partial charge in [0, 0.05) is 49.6 Å². The molecule has 0 amide bonds. The zero-order valence-electron chi connectivity index (χ0n) is 24.8. The molecule has 4 heterocycles. The molecule has 2 aliphatic rings. The summed E-state index contributed by atoms with van der Waals surface area (Å²) in [7, 11) is 1.75. The van der Waals surface area contributed by atoms with Gasteiger partial charge in [-0.3, -0.25) is 0 Å². The minimum absolute atomic E-state index is 0.248. The molecular formula is C30H42N10O2. The van der Waals surface area contributed by atoms with Gasteiger partial charge >= 0.3 is 0 Å². The molecule has 42 heavy (non-hydrogen) atoms. The molecule has 1 aliphatic heterocycles. The molecule has 1 aliphatic carbocycles. The molecule has 3 N–H and O–H groups in total. The molecule has 0 unspecified atom stereocenters. The van der Waals surface area contributed by atoms with E-state index < -0.39 is 5.41 Å². The Labute approximate surface area is 247 Å². The Morgan fingerprint density at radius 3 is 2.69 bits per heavy atom. The van der Waals surface area contributed by atoms with Crippen LogP contribution in [0.15, 0.2) is 30.5 Å². The summed E-state index contributed by atoms with van der Waals surface area (Å²) in [6.45, 7) is 7.01. The molecule has 5 rings (SSSR count). The third-order valence-corrected chi connectivity index (χ3v) is 8.17. The van der Waals surface area contributed by atoms with Gasteiger partial charge in [-0.05, 0) is 81.3 Å². The molecule has 3 aromatic rings. The Kier molecular flexibility index (Phi) is 9.94. The fourth-order valence-electron chi connectivity index (χ4n) is 5.68. The number of nitrogens with zero attached hydrogens (tertiary/aromatic N) is 7. The maximum Gasteiger partial charge on any atom is 0.200 e. The molecule has 1 atom stereocenters. The second-order valence-electron chi connectivity index (χ2n) is 11.6. The monoisotopic (exact) mass is 574 g/mol. The fourth-order valence-corrected chi connectivity index (χ4v) is 5.68. The number of aryl methyl sites for hydroxylation is 2. The average Bonchev–Trinajstić information content (AvgIpc) is 3.43. The van der Waals surface area contributed by atoms with Crippen LogP contribution < -0.4 is 16.0 Å². The number of aromatic nitrogens is 6. The highest BCUT2D eigenvalue weighted by Crippen LogP contribution is 2.31. The van der Waals surface area contributed by atoms with Gasteiger partial charge in [0.1, 0.15) is 18.2 Å². The van der Waals surface area contributed by atoms with E-state index in [4.69, 9.17) is 14.5 Å². The predicted octanol–water partition coefficient (Wildman–Crippen LogP) is 3.63. The summed E-state index contributed by atoms with van der Waals surface area (Å²) in [6.07, 6.45) is 7.73. The number of hydrogen-bond donors (Lipinski definition) is 3. The molecule has 3 aromatic heterocycles. The van der Waals surface area contributed by atoms with Crippen molar-refractivity contribution in [2.24, 2.45) is 12.5 Å². The zero-order chi connectivity index (χ0) is 29.4. The maximum absolute atomic E-state index is 9.78. The lowest BCUT2D eigenvalue weighted by atomic mass is 9.82. The number of nitriles is 1. The summed E-state index contributed by atoms with van der Waals surface area (Å²) in [6, 6.07) is 11.7. The van der Waals surface area contributed by atoms with E-state index in [9.17, 15) is 5.26 Å². The van der Waals surface area contributed by atoms with E-state index in [1.165, 1.54) is 4.80 Å². The highest BCUT2D eigenvalue weighted by Gasteiger charge is 2.32. The van der Waals surface area contributed by atoms with Crippen molar-refractivity contribution in [3.63, 3.8) is 0 Å². The molecule has 0 spiro atoms. The molecule has 0 bridgehead atoms. The molecule has 2 fully saturated rings. The predicted molar refractivity (Wildman–Crippen MR) is 160 cm³/mol. The van der Waals surface area contributed by atoms with Gasteiger partial charge in [0.2, 0.25) is 0 Å². The van der Waals surface area contributed by atoms with Gasteiger partial charge in [-0.1, -0.05) is 6.07 Å². The van der Waals surface area contributed by atoms with E-state index in [-0.39, 0.29) is 6.04 Å². The standard InChI is InChI=1S/C30H42N10O2/c1-21-16-32-28(15-25(21)26-5-4-6-27(36-26)33-20-30(19-31)11-13-41-14-12-30)35-24-9-7-23(8-10-24)34-22(2)17-42-18-29-37-39-40(3)38-29/h4-6,15-16,22-24,34H,7-14,17-18,20H2,1-3H3,(H,32,35)(H,33,36)/t22-,23?,24?/m1/s1. The van der Waals surface area contributed by atoms with Crippen molar-refractivity contribution < 1.29 is 9.47 Å². The lowest BCUT2D eigenvalue weighted by Gasteiger charge is -2.32. The third kappa shape index (κ3) is 8.00. The van der Waals surface area contributed by atoms with Gasteiger partial charge in [-0.25, -0.2) is 9.97 Å². The normalized spacial score (nSPS) is 20.9. The number of rotatable bonds is 12. The lowest BCUT2D eigenvalue weighted by molar-refractivity contribution is 0.0455. The molecule has 224 valence electrons. The summed E-state index contributed by atoms with van der Waals surface area (Å²) >= 11 is 0. The molecule has 12 nitrogen and oxygen atoms in total. The van der Waals surface area contributed by atoms with Crippen molar-refractivity contribution in [2.45, 2.75) is 77.1 Å². The summed E-state index contributed by atoms with van der Waals surface area (Å²) < 4.78 is 11.2. The molecular weight excluding hydrogens is 532 g/mol. The van der Waals surface area contributed by atoms with Crippen LogP contribution in [0.2, 0.25) is 0 Å². The Morgan fingerprint density at radius 2 is 1.95 bits per heavy atom. The summed E-state index contributed by atoms with van der Waals surface area (Å²) in [5.41, 5.74) is 2.61. The second-order valence-corrected chi connectivity index (χ2v) is 11.6. The number of nitrogens with one attached hydrogen (secondary N) is 3. The highest BCUT2D eigenvalue weighted by atomic mass is 16.5. The third-order valence-electron chi connectivity index (χ3n) is 8.17. The Hall–Kier alpha value is -3.66. The number of hydrogen-bond acceptors (Lipinski definition) is 11. The van der Waals surface area contributed by atoms with Crippen LogP contribution in [0.4, 0.5) is 11.6 Å². The van der Waals surface area contributed by atoms with Crippen LogP contribution in [0.5, 0.6) is 0 Å². The molecule has 0 radical (unpaired) electrons. The van der Waals surface area contributed by atoms with Gasteiger partial charge in [0.25, 0.3) is 0 Å². The topological polar surface area (TPSA) is 148 Å². The second kappa shape index (κ2) is 14.0. The van der Waals surface area contributed by atoms with Crippen LogP contribution in [0.25, 0.3) is 11.3 Å². The van der Waals surface area contributed by atoms with Crippen molar-refractivity contribution in [3.8, 4) is 17.3 Å². The Morgan fingerprint density at radius 1 is 1.17 bits per heavy atom. The smallest absolute Gasteiger partial charge is 0.200 e. The summed E-state index contributed by atoms with van der Waals surface area (Å²) in [5, 5.41) is 32.5. The van der Waals surface area contributed by atoms with E-state index >= 15 is 0 Å². The van der Waals surface area contributed by atoms with Gasteiger partial charge in [-0.15, -0.1) is 10.2 Å². The van der Waals surface area contributed by atoms with Gasteiger partial charge < -0.3 is 25.4 Å². The van der Waals surface area contributed by atoms with Gasteiger partial charge in [0.05, 0.1) is 30.8 Å². The first-order valence-corrected chi connectivity index (χ1v) is 14.9. The number of pyridine rings is 2. The van der Waals surface area contributed by atoms with Crippen LogP contribution in [0.3, 0.4) is 0 Å². The minimum Gasteiger partial charge on any atom is -0.381 e. The van der Waals surface area contributed by atoms with Gasteiger partial charge in [0.15, 0.2) is 5.82 Å². The SMILES string of the molecule is Cc1cnc(NC2CCC(N[C@H](C)COCc3nnn(C)n3)CC2)cc1-c1cccc(NCC2(C#N)CCOCC2)n1. The summed E-state index contributed by atoms with van der Waals surface area (Å²) in [4.78, 5) is 11.0. The Balaban J connectivity index is 1.10. The Bertz CT molecular complexity index is 1340. The largest absolute Gasteiger partial charge is 0.381 e. The van der Waals surface area contributed by atoms with Crippen LogP contribution in [0.1, 0.15) is 56.8 Å². The van der Waals surface area contributed by atoms with E-state index in [0.29, 0.717) is 50.9 Å². The van der Waals surface area contributed by atoms with E-state index in [2.05, 4.69) is 62.3 Å². The average molecular weight is 575 g/mol. The van der Waals surface area contributed by atoms with Crippen molar-refractivity contribution >= 4 is 11.6 Å². The van der Waals surface area contributed by atoms with Crippen LogP contribution in [0, 0.1) is 23.7 Å². The first-order chi connectivity index (χ1) is 20.4. The van der Waals surface area contributed by atoms with E-state index in [0.717, 1.165) is 67.0 Å². The van der Waals surface area contributed by atoms with Crippen LogP contribution >= 0.6 is 0 Å². The number of anilines is 2. The number of tetrazole rings is 1. The molecule has 0 aromatic carbocycles. The van der Waals surface area contributed by atoms with Crippen molar-refractivity contribution in [1.29, 1.82) is 5.26 Å². The van der Waals surface area contributed by atoms with E-state index in [1.807, 2.05) is 24.4 Å². The fraction of sp³-hybridized carbons (Fsp3) is 0.600. The first kappa shape index (κ1) is 29.8. The number of ether oxygens (including phenoxy) is 2. The lowest BCUT2D eigenvalue weighted by Crippen LogP contribution is -2.43. The van der Waals surface area contributed by atoms with E-state index in [1.54, 1.807) is 7.05 Å². The highest BCUT2D eigenvalue weighted by molar-refractivity contribution is 5.68. The van der Waals surface area contributed by atoms with Gasteiger partial charge in [-0.2, -0.15) is 10.1 Å². The molecule has 1 saturated heterocycles. The van der Waals surface area contributed by atoms with Crippen molar-refractivity contribution in [2.75, 3.05) is 37.0 Å². The van der Waals surface area contributed by atoms with Crippen LogP contribution in [-0.4, -0.2) is 74.7 Å². The minimum atomic E-state index is -0.407. The molecule has 1 saturated carbocycles. The van der Waals surface area contributed by atoms with Crippen molar-refractivity contribution in [1.82, 2.24) is 35.5 Å². The van der Waals surface area contributed by atoms with Crippen LogP contribution in [-0.2, 0) is 23.1 Å². The quantitative estimate of drug-likeness (QED) is 0.291. The van der Waals surface area contributed by atoms with Crippen molar-refractivity contribution in [3.05, 3.63) is 41.9 Å². The zero-order valence-corrected chi connectivity index (χ0v) is 24.8. The summed E-state index contributed by atoms with van der Waals surface area (Å²) in [5.74, 6) is 2.25.